The van der Waals surface area contributed by atoms with Gasteiger partial charge in [-0.2, -0.15) is 0 Å². The molecule has 0 spiro atoms. The topological polar surface area (TPSA) is 40.5 Å². The molecule has 0 heterocycles. The second-order valence-electron chi connectivity index (χ2n) is 9.52. The number of benzene rings is 2. The van der Waals surface area contributed by atoms with Crippen LogP contribution in [-0.4, -0.2) is 10.2 Å². The van der Waals surface area contributed by atoms with Gasteiger partial charge in [0.05, 0.1) is 0 Å². The molecule has 3 heteroatoms. The summed E-state index contributed by atoms with van der Waals surface area (Å²) >= 11 is 1.84. The Morgan fingerprint density at radius 1 is 0.645 bits per heavy atom. The average Bonchev–Trinajstić information content (AvgIpc) is 2.81. The molecule has 0 saturated heterocycles. The quantitative estimate of drug-likeness (QED) is 0.475. The zero-order valence-electron chi connectivity index (χ0n) is 19.3. The van der Waals surface area contributed by atoms with Gasteiger partial charge in [-0.3, -0.25) is 0 Å². The molecule has 0 radical (unpaired) electrons. The van der Waals surface area contributed by atoms with E-state index in [1.165, 1.54) is 85.1 Å². The summed E-state index contributed by atoms with van der Waals surface area (Å²) in [4.78, 5) is 2.55. The van der Waals surface area contributed by atoms with E-state index in [1.807, 2.05) is 23.9 Å². The van der Waals surface area contributed by atoms with E-state index in [9.17, 15) is 10.2 Å². The maximum atomic E-state index is 10.8. The van der Waals surface area contributed by atoms with Crippen LogP contribution in [0.1, 0.15) is 112 Å². The van der Waals surface area contributed by atoms with Crippen LogP contribution >= 0.6 is 11.8 Å². The number of rotatable bonds is 6. The summed E-state index contributed by atoms with van der Waals surface area (Å²) in [5.41, 5.74) is 4.72. The maximum Gasteiger partial charge on any atom is 0.119 e. The van der Waals surface area contributed by atoms with Gasteiger partial charge < -0.3 is 10.2 Å². The van der Waals surface area contributed by atoms with Crippen LogP contribution in [0.5, 0.6) is 11.5 Å². The second-order valence-corrected chi connectivity index (χ2v) is 10.6. The smallest absolute Gasteiger partial charge is 0.119 e. The van der Waals surface area contributed by atoms with Gasteiger partial charge in [-0.1, -0.05) is 64.1 Å². The minimum Gasteiger partial charge on any atom is -0.508 e. The molecule has 4 rings (SSSR count). The Morgan fingerprint density at radius 3 is 1.39 bits per heavy atom. The Hall–Kier alpha value is -1.61. The first-order valence-electron chi connectivity index (χ1n) is 12.5. The van der Waals surface area contributed by atoms with Crippen molar-refractivity contribution < 1.29 is 10.2 Å². The number of aromatic hydroxyl groups is 2. The molecule has 2 nitrogen and oxygen atoms in total. The Balaban J connectivity index is 1.70. The van der Waals surface area contributed by atoms with Crippen LogP contribution in [0.25, 0.3) is 0 Å². The van der Waals surface area contributed by atoms with E-state index >= 15 is 0 Å². The summed E-state index contributed by atoms with van der Waals surface area (Å²) in [5, 5.41) is 21.5. The molecule has 2 saturated carbocycles. The Bertz CT molecular complexity index is 819. The third-order valence-electron chi connectivity index (χ3n) is 7.49. The van der Waals surface area contributed by atoms with Crippen molar-refractivity contribution in [3.8, 4) is 11.5 Å². The summed E-state index contributed by atoms with van der Waals surface area (Å²) in [6.07, 6.45) is 14.3. The van der Waals surface area contributed by atoms with Crippen molar-refractivity contribution in [2.24, 2.45) is 0 Å². The van der Waals surface area contributed by atoms with E-state index in [4.69, 9.17) is 0 Å². The number of aryl methyl sites for hydroxylation is 2. The third-order valence-corrected chi connectivity index (χ3v) is 8.69. The standard InChI is InChI=1S/C28H38O2S/c1-3-19-15-25(29)23(21-11-7-5-8-12-21)17-27(19)31-28-18-24(22-13-9-6-10-14-22)26(30)16-20(28)4-2/h15-18,21-22,29-30H,3-14H2,1-2H3. The summed E-state index contributed by atoms with van der Waals surface area (Å²) < 4.78 is 0. The molecule has 2 aromatic rings. The minimum absolute atomic E-state index is 0.484. The van der Waals surface area contributed by atoms with E-state index in [2.05, 4.69) is 26.0 Å². The molecule has 168 valence electrons. The zero-order chi connectivity index (χ0) is 21.8. The minimum atomic E-state index is 0.484. The van der Waals surface area contributed by atoms with Crippen LogP contribution < -0.4 is 0 Å². The number of phenolic OH excluding ortho intramolecular Hbond substituents is 2. The molecule has 2 aromatic carbocycles. The van der Waals surface area contributed by atoms with E-state index < -0.39 is 0 Å². The molecule has 0 unspecified atom stereocenters. The molecule has 0 amide bonds. The molecule has 2 aliphatic carbocycles. The highest BCUT2D eigenvalue weighted by Crippen LogP contribution is 2.45. The Labute approximate surface area is 192 Å². The highest BCUT2D eigenvalue weighted by Gasteiger charge is 2.23. The van der Waals surface area contributed by atoms with Gasteiger partial charge in [0.15, 0.2) is 0 Å². The number of phenols is 2. The molecule has 0 aromatic heterocycles. The first-order valence-corrected chi connectivity index (χ1v) is 13.3. The van der Waals surface area contributed by atoms with Crippen molar-refractivity contribution in [2.45, 2.75) is 113 Å². The van der Waals surface area contributed by atoms with E-state index in [-0.39, 0.29) is 0 Å². The molecule has 0 bridgehead atoms. The lowest BCUT2D eigenvalue weighted by molar-refractivity contribution is 0.413. The summed E-state index contributed by atoms with van der Waals surface area (Å²) in [6, 6.07) is 8.59. The fourth-order valence-corrected chi connectivity index (χ4v) is 6.87. The van der Waals surface area contributed by atoms with Gasteiger partial charge in [-0.25, -0.2) is 0 Å². The van der Waals surface area contributed by atoms with E-state index in [1.54, 1.807) is 0 Å². The highest BCUT2D eigenvalue weighted by molar-refractivity contribution is 7.99. The predicted octanol–water partition coefficient (Wildman–Crippen LogP) is 8.47. The summed E-state index contributed by atoms with van der Waals surface area (Å²) in [5.74, 6) is 1.94. The van der Waals surface area contributed by atoms with Crippen molar-refractivity contribution >= 4 is 11.8 Å². The molecular formula is C28H38O2S. The van der Waals surface area contributed by atoms with Crippen LogP contribution in [0, 0.1) is 0 Å². The van der Waals surface area contributed by atoms with Crippen molar-refractivity contribution in [3.63, 3.8) is 0 Å². The molecule has 2 N–H and O–H groups in total. The normalized spacial score (nSPS) is 18.4. The van der Waals surface area contributed by atoms with Crippen molar-refractivity contribution in [1.82, 2.24) is 0 Å². The van der Waals surface area contributed by atoms with Crippen LogP contribution in [0.4, 0.5) is 0 Å². The third kappa shape index (κ3) is 5.08. The van der Waals surface area contributed by atoms with Crippen molar-refractivity contribution in [1.29, 1.82) is 0 Å². The number of hydrogen-bond donors (Lipinski definition) is 2. The molecular weight excluding hydrogens is 400 g/mol. The first-order chi connectivity index (χ1) is 15.1. The van der Waals surface area contributed by atoms with E-state index in [0.29, 0.717) is 23.3 Å². The van der Waals surface area contributed by atoms with Crippen LogP contribution in [-0.2, 0) is 12.8 Å². The van der Waals surface area contributed by atoms with Gasteiger partial charge >= 0.3 is 0 Å². The average molecular weight is 439 g/mol. The predicted molar refractivity (Wildman–Crippen MR) is 131 cm³/mol. The van der Waals surface area contributed by atoms with Crippen molar-refractivity contribution in [2.75, 3.05) is 0 Å². The van der Waals surface area contributed by atoms with Gasteiger partial charge in [0, 0.05) is 9.79 Å². The van der Waals surface area contributed by atoms with Gasteiger partial charge in [-0.15, -0.1) is 0 Å². The van der Waals surface area contributed by atoms with E-state index in [0.717, 1.165) is 24.0 Å². The second kappa shape index (κ2) is 10.3. The summed E-state index contributed by atoms with van der Waals surface area (Å²) in [6.45, 7) is 4.34. The zero-order valence-corrected chi connectivity index (χ0v) is 20.1. The Morgan fingerprint density at radius 2 is 1.03 bits per heavy atom. The summed E-state index contributed by atoms with van der Waals surface area (Å²) in [7, 11) is 0. The van der Waals surface area contributed by atoms with Gasteiger partial charge in [0.1, 0.15) is 11.5 Å². The van der Waals surface area contributed by atoms with Crippen LogP contribution in [0.3, 0.4) is 0 Å². The van der Waals surface area contributed by atoms with Gasteiger partial charge in [0.2, 0.25) is 0 Å². The monoisotopic (exact) mass is 438 g/mol. The lowest BCUT2D eigenvalue weighted by Crippen LogP contribution is -2.06. The highest BCUT2D eigenvalue weighted by atomic mass is 32.2. The van der Waals surface area contributed by atoms with Crippen LogP contribution in [0.15, 0.2) is 34.1 Å². The fraction of sp³-hybridized carbons (Fsp3) is 0.571. The van der Waals surface area contributed by atoms with Gasteiger partial charge in [0.25, 0.3) is 0 Å². The molecule has 2 aliphatic rings. The largest absolute Gasteiger partial charge is 0.508 e. The lowest BCUT2D eigenvalue weighted by atomic mass is 9.83. The SMILES string of the molecule is CCc1cc(O)c(C2CCCCC2)cc1Sc1cc(C2CCCCC2)c(O)cc1CC. The molecule has 0 atom stereocenters. The maximum absolute atomic E-state index is 10.8. The molecule has 2 fully saturated rings. The first kappa shape index (κ1) is 22.6. The lowest BCUT2D eigenvalue weighted by Gasteiger charge is -2.25. The number of hydrogen-bond acceptors (Lipinski definition) is 3. The van der Waals surface area contributed by atoms with Crippen molar-refractivity contribution in [3.05, 3.63) is 46.5 Å². The van der Waals surface area contributed by atoms with Gasteiger partial charge in [-0.05, 0) is 96.9 Å². The van der Waals surface area contributed by atoms with Crippen LogP contribution in [0.2, 0.25) is 0 Å². The molecule has 0 aliphatic heterocycles. The fourth-order valence-electron chi connectivity index (χ4n) is 5.60. The molecule has 31 heavy (non-hydrogen) atoms. The Kier molecular flexibility index (Phi) is 7.53.